The predicted molar refractivity (Wildman–Crippen MR) is 110 cm³/mol. The van der Waals surface area contributed by atoms with Crippen molar-refractivity contribution in [1.82, 2.24) is 15.0 Å². The van der Waals surface area contributed by atoms with Crippen LogP contribution in [0.3, 0.4) is 0 Å². The summed E-state index contributed by atoms with van der Waals surface area (Å²) in [5.41, 5.74) is 6.73. The SMILES string of the molecule is Cc1cc(Nc2nccc(C(F)(F)F)n2)cc(-c2ccc(NC3(C(N)=O)CC3)nc2)c1. The molecule has 7 nitrogen and oxygen atoms in total. The summed E-state index contributed by atoms with van der Waals surface area (Å²) in [7, 11) is 0. The molecule has 1 aliphatic carbocycles. The van der Waals surface area contributed by atoms with Crippen molar-refractivity contribution in [1.29, 1.82) is 0 Å². The molecule has 1 saturated carbocycles. The first-order valence-electron chi connectivity index (χ1n) is 9.48. The van der Waals surface area contributed by atoms with E-state index in [1.807, 2.05) is 19.1 Å². The number of hydrogen-bond acceptors (Lipinski definition) is 6. The molecule has 4 N–H and O–H groups in total. The summed E-state index contributed by atoms with van der Waals surface area (Å²) in [6.45, 7) is 1.87. The van der Waals surface area contributed by atoms with Crippen LogP contribution in [0.2, 0.25) is 0 Å². The molecule has 3 aromatic rings. The summed E-state index contributed by atoms with van der Waals surface area (Å²) in [6, 6.07) is 9.88. The van der Waals surface area contributed by atoms with Gasteiger partial charge in [0.05, 0.1) is 0 Å². The maximum atomic E-state index is 12.9. The molecule has 1 aromatic carbocycles. The van der Waals surface area contributed by atoms with Crippen LogP contribution in [0.5, 0.6) is 0 Å². The summed E-state index contributed by atoms with van der Waals surface area (Å²) >= 11 is 0. The standard InChI is InChI=1S/C21H19F3N6O/c1-12-8-14(13-2-3-17(27-11-13)30-20(5-6-20)18(25)31)10-15(9-12)28-19-26-7-4-16(29-19)21(22,23)24/h2-4,7-11H,5-6H2,1H3,(H2,25,31)(H,27,30)(H,26,28,29). The van der Waals surface area contributed by atoms with Crippen molar-refractivity contribution >= 4 is 23.4 Å². The number of aromatic nitrogens is 3. The highest BCUT2D eigenvalue weighted by Gasteiger charge is 2.48. The van der Waals surface area contributed by atoms with E-state index in [1.54, 1.807) is 24.4 Å². The van der Waals surface area contributed by atoms with E-state index in [1.165, 1.54) is 0 Å². The normalized spacial score (nSPS) is 14.7. The fourth-order valence-corrected chi connectivity index (χ4v) is 3.17. The number of hydrogen-bond donors (Lipinski definition) is 3. The Morgan fingerprint density at radius 3 is 2.48 bits per heavy atom. The fraction of sp³-hybridized carbons (Fsp3) is 0.238. The van der Waals surface area contributed by atoms with Gasteiger partial charge in [-0.15, -0.1) is 0 Å². The Labute approximate surface area is 175 Å². The number of carbonyl (C=O) groups is 1. The molecule has 2 heterocycles. The molecule has 0 atom stereocenters. The first kappa shape index (κ1) is 20.6. The minimum atomic E-state index is -4.55. The number of nitrogens with one attached hydrogen (secondary N) is 2. The lowest BCUT2D eigenvalue weighted by Gasteiger charge is -2.14. The Hall–Kier alpha value is -3.69. The molecule has 0 saturated heterocycles. The van der Waals surface area contributed by atoms with Crippen LogP contribution in [0.25, 0.3) is 11.1 Å². The summed E-state index contributed by atoms with van der Waals surface area (Å²) in [5, 5.41) is 5.90. The molecule has 10 heteroatoms. The molecular weight excluding hydrogens is 409 g/mol. The van der Waals surface area contributed by atoms with Gasteiger partial charge in [0, 0.05) is 23.6 Å². The minimum Gasteiger partial charge on any atom is -0.368 e. The van der Waals surface area contributed by atoms with Crippen molar-refractivity contribution < 1.29 is 18.0 Å². The maximum absolute atomic E-state index is 12.9. The number of nitrogens with zero attached hydrogens (tertiary/aromatic N) is 3. The minimum absolute atomic E-state index is 0.148. The second-order valence-electron chi connectivity index (χ2n) is 7.48. The number of benzene rings is 1. The van der Waals surface area contributed by atoms with Gasteiger partial charge in [-0.3, -0.25) is 4.79 Å². The van der Waals surface area contributed by atoms with E-state index in [0.29, 0.717) is 24.3 Å². The van der Waals surface area contributed by atoms with Crippen LogP contribution in [-0.4, -0.2) is 26.4 Å². The van der Waals surface area contributed by atoms with Crippen molar-refractivity contribution in [3.05, 3.63) is 60.0 Å². The monoisotopic (exact) mass is 428 g/mol. The van der Waals surface area contributed by atoms with E-state index < -0.39 is 23.3 Å². The van der Waals surface area contributed by atoms with E-state index in [4.69, 9.17) is 5.73 Å². The number of nitrogens with two attached hydrogens (primary N) is 1. The first-order valence-corrected chi connectivity index (χ1v) is 9.48. The lowest BCUT2D eigenvalue weighted by atomic mass is 10.0. The largest absolute Gasteiger partial charge is 0.433 e. The van der Waals surface area contributed by atoms with E-state index >= 15 is 0 Å². The van der Waals surface area contributed by atoms with Gasteiger partial charge >= 0.3 is 6.18 Å². The second-order valence-corrected chi connectivity index (χ2v) is 7.48. The molecule has 4 rings (SSSR count). The zero-order valence-electron chi connectivity index (χ0n) is 16.5. The average molecular weight is 428 g/mol. The van der Waals surface area contributed by atoms with Crippen molar-refractivity contribution in [3.63, 3.8) is 0 Å². The lowest BCUT2D eigenvalue weighted by Crippen LogP contribution is -2.37. The third kappa shape index (κ3) is 4.57. The molecule has 2 aromatic heterocycles. The van der Waals surface area contributed by atoms with Crippen molar-refractivity contribution in [3.8, 4) is 11.1 Å². The molecule has 1 amide bonds. The molecular formula is C21H19F3N6O. The Morgan fingerprint density at radius 2 is 1.87 bits per heavy atom. The van der Waals surface area contributed by atoms with Crippen LogP contribution in [0, 0.1) is 6.92 Å². The number of aryl methyl sites for hydroxylation is 1. The molecule has 31 heavy (non-hydrogen) atoms. The van der Waals surface area contributed by atoms with Crippen molar-refractivity contribution in [2.75, 3.05) is 10.6 Å². The molecule has 0 bridgehead atoms. The average Bonchev–Trinajstić information content (AvgIpc) is 3.49. The van der Waals surface area contributed by atoms with Crippen molar-refractivity contribution in [2.45, 2.75) is 31.5 Å². The topological polar surface area (TPSA) is 106 Å². The molecule has 0 aliphatic heterocycles. The van der Waals surface area contributed by atoms with E-state index in [-0.39, 0.29) is 5.95 Å². The smallest absolute Gasteiger partial charge is 0.368 e. The number of rotatable bonds is 6. The Morgan fingerprint density at radius 1 is 1.10 bits per heavy atom. The molecule has 160 valence electrons. The van der Waals surface area contributed by atoms with E-state index in [2.05, 4.69) is 25.6 Å². The number of alkyl halides is 3. The van der Waals surface area contributed by atoms with Crippen LogP contribution >= 0.6 is 0 Å². The lowest BCUT2D eigenvalue weighted by molar-refractivity contribution is -0.141. The molecule has 0 radical (unpaired) electrons. The molecule has 1 fully saturated rings. The van der Waals surface area contributed by atoms with Gasteiger partial charge in [-0.1, -0.05) is 6.07 Å². The van der Waals surface area contributed by atoms with E-state index in [0.717, 1.165) is 29.0 Å². The van der Waals surface area contributed by atoms with Gasteiger partial charge in [-0.05, 0) is 61.2 Å². The first-order chi connectivity index (χ1) is 14.6. The van der Waals surface area contributed by atoms with E-state index in [9.17, 15) is 18.0 Å². The van der Waals surface area contributed by atoms with Gasteiger partial charge in [-0.25, -0.2) is 15.0 Å². The van der Waals surface area contributed by atoms with Gasteiger partial charge in [0.2, 0.25) is 11.9 Å². The molecule has 0 spiro atoms. The maximum Gasteiger partial charge on any atom is 0.433 e. The van der Waals surface area contributed by atoms with Gasteiger partial charge < -0.3 is 16.4 Å². The summed E-state index contributed by atoms with van der Waals surface area (Å²) in [6.07, 6.45) is -0.485. The second kappa shape index (κ2) is 7.53. The van der Waals surface area contributed by atoms with Crippen LogP contribution in [-0.2, 0) is 11.0 Å². The number of pyridine rings is 1. The highest BCUT2D eigenvalue weighted by molar-refractivity contribution is 5.91. The van der Waals surface area contributed by atoms with Crippen molar-refractivity contribution in [2.24, 2.45) is 5.73 Å². The highest BCUT2D eigenvalue weighted by atomic mass is 19.4. The van der Waals surface area contributed by atoms with Gasteiger partial charge in [0.1, 0.15) is 17.1 Å². The zero-order chi connectivity index (χ0) is 22.2. The Balaban J connectivity index is 1.55. The highest BCUT2D eigenvalue weighted by Crippen LogP contribution is 2.38. The Bertz CT molecular complexity index is 1130. The third-order valence-corrected chi connectivity index (χ3v) is 4.97. The number of carbonyl (C=O) groups excluding carboxylic acids is 1. The van der Waals surface area contributed by atoms with Gasteiger partial charge in [-0.2, -0.15) is 13.2 Å². The number of halogens is 3. The number of amides is 1. The van der Waals surface area contributed by atoms with Crippen LogP contribution in [0.15, 0.2) is 48.8 Å². The predicted octanol–water partition coefficient (Wildman–Crippen LogP) is 4.04. The number of primary amides is 1. The van der Waals surface area contributed by atoms with Crippen LogP contribution in [0.1, 0.15) is 24.1 Å². The summed E-state index contributed by atoms with van der Waals surface area (Å²) in [4.78, 5) is 23.3. The van der Waals surface area contributed by atoms with Crippen LogP contribution in [0.4, 0.5) is 30.6 Å². The molecule has 0 unspecified atom stereocenters. The van der Waals surface area contributed by atoms with Crippen LogP contribution < -0.4 is 16.4 Å². The Kier molecular flexibility index (Phi) is 5.00. The zero-order valence-corrected chi connectivity index (χ0v) is 16.5. The fourth-order valence-electron chi connectivity index (χ4n) is 3.17. The van der Waals surface area contributed by atoms with Gasteiger partial charge in [0.25, 0.3) is 0 Å². The number of anilines is 3. The molecule has 1 aliphatic rings. The summed E-state index contributed by atoms with van der Waals surface area (Å²) < 4.78 is 38.7. The third-order valence-electron chi connectivity index (χ3n) is 4.97. The summed E-state index contributed by atoms with van der Waals surface area (Å²) in [5.74, 6) is -0.00163. The quantitative estimate of drug-likeness (QED) is 0.547. The van der Waals surface area contributed by atoms with Gasteiger partial charge in [0.15, 0.2) is 0 Å².